The van der Waals surface area contributed by atoms with E-state index < -0.39 is 18.0 Å². The van der Waals surface area contributed by atoms with E-state index in [4.69, 9.17) is 5.11 Å². The highest BCUT2D eigenvalue weighted by Crippen LogP contribution is 2.34. The largest absolute Gasteiger partial charge is 0.394 e. The van der Waals surface area contributed by atoms with Crippen molar-refractivity contribution in [3.05, 3.63) is 53.2 Å². The normalized spacial score (nSPS) is 14.0. The topological polar surface area (TPSA) is 140 Å². The van der Waals surface area contributed by atoms with Crippen molar-refractivity contribution in [2.45, 2.75) is 39.3 Å². The van der Waals surface area contributed by atoms with Gasteiger partial charge in [0.05, 0.1) is 35.8 Å². The van der Waals surface area contributed by atoms with Crippen molar-refractivity contribution in [1.29, 1.82) is 0 Å². The van der Waals surface area contributed by atoms with E-state index in [0.717, 1.165) is 22.3 Å². The van der Waals surface area contributed by atoms with Crippen molar-refractivity contribution in [3.8, 4) is 0 Å². The fraction of sp³-hybridized carbons (Fsp3) is 0.385. The number of carbonyl (C=O) groups is 1. The van der Waals surface area contributed by atoms with Crippen LogP contribution in [0.4, 0.5) is 32.3 Å². The molecule has 1 unspecified atom stereocenters. The number of likely N-dealkylation sites (N-methyl/N-ethyl adjacent to an activating group) is 1. The molecule has 11 nitrogen and oxygen atoms in total. The lowest BCUT2D eigenvalue weighted by Crippen LogP contribution is -2.27. The van der Waals surface area contributed by atoms with Crippen LogP contribution in [0.2, 0.25) is 0 Å². The Morgan fingerprint density at radius 3 is 2.68 bits per heavy atom. The molecule has 1 aromatic carbocycles. The zero-order valence-electron chi connectivity index (χ0n) is 22.1. The Hall–Kier alpha value is -4.03. The van der Waals surface area contributed by atoms with Gasteiger partial charge in [-0.05, 0) is 62.6 Å². The minimum Gasteiger partial charge on any atom is -0.394 e. The maximum atomic E-state index is 14.8. The number of anilines is 4. The summed E-state index contributed by atoms with van der Waals surface area (Å²) >= 11 is 0. The summed E-state index contributed by atoms with van der Waals surface area (Å²) in [6.07, 6.45) is 5.95. The molecular weight excluding hydrogens is 491 g/mol. The van der Waals surface area contributed by atoms with Crippen LogP contribution in [0.1, 0.15) is 37.5 Å². The van der Waals surface area contributed by atoms with E-state index in [1.807, 2.05) is 45.7 Å². The third kappa shape index (κ3) is 6.09. The fourth-order valence-electron chi connectivity index (χ4n) is 4.03. The van der Waals surface area contributed by atoms with E-state index >= 15 is 0 Å². The number of halogens is 1. The highest BCUT2D eigenvalue weighted by atomic mass is 19.1. The van der Waals surface area contributed by atoms with Crippen molar-refractivity contribution in [2.24, 2.45) is 0 Å². The number of carbonyl (C=O) groups excluding carboxylic acids is 1. The molecule has 38 heavy (non-hydrogen) atoms. The second-order valence-electron chi connectivity index (χ2n) is 10.3. The smallest absolute Gasteiger partial charge is 0.323 e. The predicted molar refractivity (Wildman–Crippen MR) is 146 cm³/mol. The highest BCUT2D eigenvalue weighted by molar-refractivity contribution is 6.00. The van der Waals surface area contributed by atoms with Crippen LogP contribution in [-0.4, -0.2) is 68.8 Å². The number of nitrogens with one attached hydrogen (secondary N) is 3. The molecule has 2 amide bonds. The third-order valence-electron chi connectivity index (χ3n) is 6.04. The van der Waals surface area contributed by atoms with Crippen molar-refractivity contribution >= 4 is 40.8 Å². The van der Waals surface area contributed by atoms with Crippen LogP contribution in [-0.2, 0) is 5.54 Å². The molecule has 5 N–H and O–H groups in total. The van der Waals surface area contributed by atoms with Gasteiger partial charge in [-0.15, -0.1) is 0 Å². The van der Waals surface area contributed by atoms with E-state index in [0.29, 0.717) is 24.0 Å². The number of amides is 2. The lowest BCUT2D eigenvalue weighted by Gasteiger charge is -2.28. The molecular formula is C26H33FN8O3. The standard InChI is InChI=1S/C26H33FN8O3/c1-15-6-21(27)22(32-25(38)31-18-10-30-35(13-18)26(2,3)4)8-20(15)17-7-16-9-28-24(29-11-19(37)14-36)33-23(16)34(5)12-17/h6-10,13,19,36-37H,11-12,14H2,1-5H3,(H,28,29,33)(H2,31,32,38). The minimum atomic E-state index is -0.911. The molecule has 0 fully saturated rings. The van der Waals surface area contributed by atoms with Gasteiger partial charge in [0.2, 0.25) is 5.95 Å². The third-order valence-corrected chi connectivity index (χ3v) is 6.04. The molecule has 1 atom stereocenters. The van der Waals surface area contributed by atoms with Crippen LogP contribution in [0.3, 0.4) is 0 Å². The van der Waals surface area contributed by atoms with Crippen molar-refractivity contribution in [3.63, 3.8) is 0 Å². The average molecular weight is 525 g/mol. The Morgan fingerprint density at radius 2 is 2.00 bits per heavy atom. The number of nitrogens with zero attached hydrogens (tertiary/aromatic N) is 5. The Morgan fingerprint density at radius 1 is 1.24 bits per heavy atom. The Labute approximate surface area is 220 Å². The molecule has 0 spiro atoms. The fourth-order valence-corrected chi connectivity index (χ4v) is 4.03. The van der Waals surface area contributed by atoms with Crippen LogP contribution >= 0.6 is 0 Å². The Kier molecular flexibility index (Phi) is 7.65. The van der Waals surface area contributed by atoms with Crippen molar-refractivity contribution in [1.82, 2.24) is 19.7 Å². The number of hydrogen-bond donors (Lipinski definition) is 5. The second kappa shape index (κ2) is 10.8. The molecule has 12 heteroatoms. The first-order chi connectivity index (χ1) is 17.9. The molecule has 1 aliphatic heterocycles. The number of hydrogen-bond acceptors (Lipinski definition) is 8. The van der Waals surface area contributed by atoms with Gasteiger partial charge in [0.1, 0.15) is 11.6 Å². The van der Waals surface area contributed by atoms with Gasteiger partial charge >= 0.3 is 6.03 Å². The van der Waals surface area contributed by atoms with E-state index in [-0.39, 0.29) is 24.4 Å². The van der Waals surface area contributed by atoms with Crippen LogP contribution in [0.25, 0.3) is 11.6 Å². The molecule has 0 aliphatic carbocycles. The van der Waals surface area contributed by atoms with E-state index in [9.17, 15) is 14.3 Å². The highest BCUT2D eigenvalue weighted by Gasteiger charge is 2.22. The van der Waals surface area contributed by atoms with Crippen LogP contribution in [0, 0.1) is 12.7 Å². The quantitative estimate of drug-likeness (QED) is 0.317. The number of rotatable bonds is 7. The summed E-state index contributed by atoms with van der Waals surface area (Å²) in [6.45, 7) is 8.06. The summed E-state index contributed by atoms with van der Waals surface area (Å²) in [7, 11) is 1.88. The van der Waals surface area contributed by atoms with Gasteiger partial charge in [-0.3, -0.25) is 4.68 Å². The maximum Gasteiger partial charge on any atom is 0.323 e. The van der Waals surface area contributed by atoms with Gasteiger partial charge in [-0.1, -0.05) is 0 Å². The molecule has 3 heterocycles. The molecule has 202 valence electrons. The molecule has 1 aliphatic rings. The molecule has 0 radical (unpaired) electrons. The first-order valence-corrected chi connectivity index (χ1v) is 12.2. The van der Waals surface area contributed by atoms with Gasteiger partial charge in [0, 0.05) is 38.1 Å². The number of aryl methyl sites for hydroxylation is 1. The van der Waals surface area contributed by atoms with Gasteiger partial charge in [0.25, 0.3) is 0 Å². The van der Waals surface area contributed by atoms with Gasteiger partial charge in [-0.25, -0.2) is 14.2 Å². The lowest BCUT2D eigenvalue weighted by atomic mass is 9.95. The van der Waals surface area contributed by atoms with Gasteiger partial charge in [0.15, 0.2) is 0 Å². The summed E-state index contributed by atoms with van der Waals surface area (Å²) in [5.74, 6) is 0.488. The number of aromatic nitrogens is 4. The number of aliphatic hydroxyl groups excluding tert-OH is 2. The lowest BCUT2D eigenvalue weighted by molar-refractivity contribution is 0.105. The van der Waals surface area contributed by atoms with Crippen molar-refractivity contribution < 1.29 is 19.4 Å². The summed E-state index contributed by atoms with van der Waals surface area (Å²) in [5, 5.41) is 31.0. The van der Waals surface area contributed by atoms with Gasteiger partial charge in [-0.2, -0.15) is 10.1 Å². The molecule has 0 saturated carbocycles. The molecule has 0 saturated heterocycles. The summed E-state index contributed by atoms with van der Waals surface area (Å²) in [5.41, 5.74) is 3.51. The van der Waals surface area contributed by atoms with E-state index in [1.54, 1.807) is 29.3 Å². The second-order valence-corrected chi connectivity index (χ2v) is 10.3. The zero-order chi connectivity index (χ0) is 27.6. The number of aliphatic hydroxyl groups is 2. The summed E-state index contributed by atoms with van der Waals surface area (Å²) < 4.78 is 16.6. The molecule has 3 aromatic rings. The van der Waals surface area contributed by atoms with Crippen LogP contribution in [0.5, 0.6) is 0 Å². The monoisotopic (exact) mass is 524 g/mol. The maximum absolute atomic E-state index is 14.8. The number of benzene rings is 1. The average Bonchev–Trinajstić information content (AvgIpc) is 3.33. The molecule has 4 rings (SSSR count). The number of urea groups is 1. The van der Waals surface area contributed by atoms with E-state index in [2.05, 4.69) is 31.0 Å². The molecule has 2 aromatic heterocycles. The van der Waals surface area contributed by atoms with Crippen molar-refractivity contribution in [2.75, 3.05) is 47.6 Å². The summed E-state index contributed by atoms with van der Waals surface area (Å²) in [4.78, 5) is 23.4. The first kappa shape index (κ1) is 27.0. The molecule has 0 bridgehead atoms. The van der Waals surface area contributed by atoms with Gasteiger partial charge < -0.3 is 31.1 Å². The Balaban J connectivity index is 1.54. The Bertz CT molecular complexity index is 1370. The number of fused-ring (bicyclic) bond motifs is 1. The summed E-state index contributed by atoms with van der Waals surface area (Å²) in [6, 6.07) is 2.45. The van der Waals surface area contributed by atoms with Crippen LogP contribution < -0.4 is 20.9 Å². The first-order valence-electron chi connectivity index (χ1n) is 12.2. The SMILES string of the molecule is Cc1cc(F)c(NC(=O)Nc2cnn(C(C)(C)C)c2)cc1C1=Cc2cnc(NCC(O)CO)nc2N(C)C1. The minimum absolute atomic E-state index is 0.0545. The predicted octanol–water partition coefficient (Wildman–Crippen LogP) is 3.28. The van der Waals surface area contributed by atoms with E-state index in [1.165, 1.54) is 6.07 Å². The van der Waals surface area contributed by atoms with Crippen LogP contribution in [0.15, 0.2) is 30.7 Å². The zero-order valence-corrected chi connectivity index (χ0v) is 22.1.